The Bertz CT molecular complexity index is 1490. The second-order valence-electron chi connectivity index (χ2n) is 9.81. The van der Waals surface area contributed by atoms with Crippen molar-refractivity contribution in [3.05, 3.63) is 114 Å². The van der Waals surface area contributed by atoms with E-state index in [1.165, 1.54) is 16.4 Å². The lowest BCUT2D eigenvalue weighted by molar-refractivity contribution is -0.122. The summed E-state index contributed by atoms with van der Waals surface area (Å²) in [4.78, 5) is 13.5. The van der Waals surface area contributed by atoms with Crippen molar-refractivity contribution in [1.29, 1.82) is 0 Å². The van der Waals surface area contributed by atoms with Crippen LogP contribution in [-0.4, -0.2) is 52.7 Å². The van der Waals surface area contributed by atoms with Gasteiger partial charge in [0.25, 0.3) is 0 Å². The third-order valence-electron chi connectivity index (χ3n) is 7.11. The SMILES string of the molecule is C=CS(=O)(=O)NCC1CCCN1S(=O)(=O)c1ccc(C(Cc2ccccc2)C(=O)NCCc2ccccc2)cc1. The fraction of sp³-hybridized carbons (Fsp3) is 0.300. The molecule has 1 fully saturated rings. The lowest BCUT2D eigenvalue weighted by Crippen LogP contribution is -2.42. The van der Waals surface area contributed by atoms with E-state index < -0.39 is 32.0 Å². The molecule has 40 heavy (non-hydrogen) atoms. The van der Waals surface area contributed by atoms with Crippen LogP contribution in [-0.2, 0) is 37.7 Å². The lowest BCUT2D eigenvalue weighted by atomic mass is 9.91. The number of amides is 1. The van der Waals surface area contributed by atoms with Gasteiger partial charge in [0.2, 0.25) is 26.0 Å². The summed E-state index contributed by atoms with van der Waals surface area (Å²) in [6.07, 6.45) is 2.38. The number of benzene rings is 3. The topological polar surface area (TPSA) is 113 Å². The molecule has 3 aromatic rings. The van der Waals surface area contributed by atoms with Crippen LogP contribution in [0.3, 0.4) is 0 Å². The van der Waals surface area contributed by atoms with Crippen molar-refractivity contribution < 1.29 is 21.6 Å². The van der Waals surface area contributed by atoms with Gasteiger partial charge < -0.3 is 5.32 Å². The normalized spacial score (nSPS) is 16.9. The Morgan fingerprint density at radius 3 is 2.17 bits per heavy atom. The number of hydrogen-bond acceptors (Lipinski definition) is 5. The average Bonchev–Trinajstić information content (AvgIpc) is 3.46. The first-order valence-corrected chi connectivity index (χ1v) is 16.3. The monoisotopic (exact) mass is 581 g/mol. The molecule has 1 heterocycles. The van der Waals surface area contributed by atoms with Crippen LogP contribution in [0, 0.1) is 0 Å². The molecule has 8 nitrogen and oxygen atoms in total. The number of nitrogens with one attached hydrogen (secondary N) is 2. The first kappa shape index (κ1) is 29.7. The Morgan fingerprint density at radius 2 is 1.55 bits per heavy atom. The molecule has 0 spiro atoms. The van der Waals surface area contributed by atoms with Gasteiger partial charge >= 0.3 is 0 Å². The van der Waals surface area contributed by atoms with E-state index >= 15 is 0 Å². The molecular formula is C30H35N3O5S2. The third kappa shape index (κ3) is 7.66. The van der Waals surface area contributed by atoms with Crippen molar-refractivity contribution >= 4 is 26.0 Å². The number of sulfonamides is 2. The second-order valence-corrected chi connectivity index (χ2v) is 13.4. The molecule has 2 unspecified atom stereocenters. The number of hydrogen-bond donors (Lipinski definition) is 2. The molecule has 1 amide bonds. The van der Waals surface area contributed by atoms with Crippen molar-refractivity contribution in [1.82, 2.24) is 14.3 Å². The number of carbonyl (C=O) groups excluding carboxylic acids is 1. The maximum Gasteiger partial charge on any atom is 0.243 e. The molecule has 3 aromatic carbocycles. The van der Waals surface area contributed by atoms with Gasteiger partial charge in [0.15, 0.2) is 0 Å². The fourth-order valence-electron chi connectivity index (χ4n) is 4.92. The van der Waals surface area contributed by atoms with E-state index in [2.05, 4.69) is 16.6 Å². The molecule has 212 valence electrons. The molecule has 4 rings (SSSR count). The summed E-state index contributed by atoms with van der Waals surface area (Å²) < 4.78 is 54.2. The molecular weight excluding hydrogens is 546 g/mol. The molecule has 2 atom stereocenters. The predicted molar refractivity (Wildman–Crippen MR) is 157 cm³/mol. The summed E-state index contributed by atoms with van der Waals surface area (Å²) in [6.45, 7) is 4.06. The van der Waals surface area contributed by atoms with Crippen molar-refractivity contribution in [3.8, 4) is 0 Å². The molecule has 1 saturated heterocycles. The highest BCUT2D eigenvalue weighted by Crippen LogP contribution is 2.28. The van der Waals surface area contributed by atoms with E-state index in [4.69, 9.17) is 0 Å². The maximum absolute atomic E-state index is 13.5. The van der Waals surface area contributed by atoms with Crippen LogP contribution in [0.1, 0.15) is 35.4 Å². The fourth-order valence-corrected chi connectivity index (χ4v) is 7.15. The van der Waals surface area contributed by atoms with Gasteiger partial charge in [-0.05, 0) is 54.5 Å². The van der Waals surface area contributed by atoms with Gasteiger partial charge in [-0.3, -0.25) is 4.79 Å². The molecule has 0 radical (unpaired) electrons. The zero-order valence-corrected chi connectivity index (χ0v) is 23.9. The van der Waals surface area contributed by atoms with Crippen LogP contribution in [0.25, 0.3) is 0 Å². The summed E-state index contributed by atoms with van der Waals surface area (Å²) in [5.74, 6) is -0.618. The van der Waals surface area contributed by atoms with E-state index in [1.54, 1.807) is 12.1 Å². The highest BCUT2D eigenvalue weighted by molar-refractivity contribution is 7.92. The van der Waals surface area contributed by atoms with Crippen molar-refractivity contribution in [2.24, 2.45) is 0 Å². The smallest absolute Gasteiger partial charge is 0.243 e. The first-order chi connectivity index (χ1) is 19.2. The quantitative estimate of drug-likeness (QED) is 0.320. The Labute approximate surface area is 237 Å². The summed E-state index contributed by atoms with van der Waals surface area (Å²) >= 11 is 0. The highest BCUT2D eigenvalue weighted by atomic mass is 32.2. The van der Waals surface area contributed by atoms with E-state index in [9.17, 15) is 21.6 Å². The third-order valence-corrected chi connectivity index (χ3v) is 10.1. The standard InChI is InChI=1S/C30H35N3O5S2/c1-2-39(35,36)32-23-27-14-9-21-33(27)40(37,38)28-17-15-26(16-18-28)29(22-25-12-7-4-8-13-25)30(34)31-20-19-24-10-5-3-6-11-24/h2-8,10-13,15-18,27,29,32H,1,9,14,19-23H2,(H,31,34). The van der Waals surface area contributed by atoms with Crippen molar-refractivity contribution in [2.45, 2.75) is 42.5 Å². The van der Waals surface area contributed by atoms with Crippen LogP contribution >= 0.6 is 0 Å². The number of nitrogens with zero attached hydrogens (tertiary/aromatic N) is 1. The minimum Gasteiger partial charge on any atom is -0.355 e. The van der Waals surface area contributed by atoms with E-state index in [-0.39, 0.29) is 17.3 Å². The van der Waals surface area contributed by atoms with Gasteiger partial charge in [-0.15, -0.1) is 0 Å². The van der Waals surface area contributed by atoms with Gasteiger partial charge in [0.05, 0.1) is 10.8 Å². The molecule has 10 heteroatoms. The van der Waals surface area contributed by atoms with E-state index in [0.29, 0.717) is 38.8 Å². The zero-order valence-electron chi connectivity index (χ0n) is 22.3. The summed E-state index contributed by atoms with van der Waals surface area (Å²) in [5.41, 5.74) is 2.86. The molecule has 0 aromatic heterocycles. The lowest BCUT2D eigenvalue weighted by Gasteiger charge is -2.24. The Kier molecular flexibility index (Phi) is 9.91. The second kappa shape index (κ2) is 13.4. The van der Waals surface area contributed by atoms with Gasteiger partial charge in [-0.25, -0.2) is 21.6 Å². The number of rotatable bonds is 13. The molecule has 1 aliphatic heterocycles. The van der Waals surface area contributed by atoms with Crippen LogP contribution < -0.4 is 10.0 Å². The predicted octanol–water partition coefficient (Wildman–Crippen LogP) is 3.59. The minimum atomic E-state index is -3.86. The van der Waals surface area contributed by atoms with E-state index in [0.717, 1.165) is 22.1 Å². The van der Waals surface area contributed by atoms with Crippen LogP contribution in [0.5, 0.6) is 0 Å². The first-order valence-electron chi connectivity index (χ1n) is 13.3. The maximum atomic E-state index is 13.5. The van der Waals surface area contributed by atoms with Crippen LogP contribution in [0.15, 0.2) is 102 Å². The molecule has 2 N–H and O–H groups in total. The van der Waals surface area contributed by atoms with Crippen molar-refractivity contribution in [2.75, 3.05) is 19.6 Å². The highest BCUT2D eigenvalue weighted by Gasteiger charge is 2.35. The average molecular weight is 582 g/mol. The Balaban J connectivity index is 1.50. The van der Waals surface area contributed by atoms with Crippen LogP contribution in [0.4, 0.5) is 0 Å². The molecule has 0 bridgehead atoms. The Morgan fingerprint density at radius 1 is 0.925 bits per heavy atom. The van der Waals surface area contributed by atoms with Crippen molar-refractivity contribution in [3.63, 3.8) is 0 Å². The summed E-state index contributed by atoms with van der Waals surface area (Å²) in [5, 5.41) is 3.86. The number of carbonyl (C=O) groups is 1. The van der Waals surface area contributed by atoms with Gasteiger partial charge in [-0.1, -0.05) is 79.4 Å². The molecule has 1 aliphatic rings. The molecule has 0 saturated carbocycles. The van der Waals surface area contributed by atoms with Gasteiger partial charge in [0, 0.05) is 31.1 Å². The van der Waals surface area contributed by atoms with Gasteiger partial charge in [-0.2, -0.15) is 4.31 Å². The zero-order chi connectivity index (χ0) is 28.6. The minimum absolute atomic E-state index is 0.0199. The Hall–Kier alpha value is -3.31. The molecule has 0 aliphatic carbocycles. The van der Waals surface area contributed by atoms with Gasteiger partial charge in [0.1, 0.15) is 0 Å². The summed E-state index contributed by atoms with van der Waals surface area (Å²) in [7, 11) is -7.51. The van der Waals surface area contributed by atoms with E-state index in [1.807, 2.05) is 60.7 Å². The largest absolute Gasteiger partial charge is 0.355 e. The summed E-state index contributed by atoms with van der Waals surface area (Å²) in [6, 6.07) is 25.6. The van der Waals surface area contributed by atoms with Crippen LogP contribution in [0.2, 0.25) is 0 Å².